The number of fused-ring (bicyclic) bond motifs is 9. The van der Waals surface area contributed by atoms with Gasteiger partial charge in [0, 0.05) is 38.2 Å². The summed E-state index contributed by atoms with van der Waals surface area (Å²) in [5.41, 5.74) is 12.3. The summed E-state index contributed by atoms with van der Waals surface area (Å²) in [6.45, 7) is 0. The number of pyridine rings is 1. The summed E-state index contributed by atoms with van der Waals surface area (Å²) in [5.74, 6) is 0.712. The van der Waals surface area contributed by atoms with Gasteiger partial charge < -0.3 is 4.40 Å². The number of aromatic nitrogens is 3. The second-order valence-electron chi connectivity index (χ2n) is 12.6. The Morgan fingerprint density at radius 3 is 1.69 bits per heavy atom. The minimum absolute atomic E-state index is 0.712. The summed E-state index contributed by atoms with van der Waals surface area (Å²) in [4.78, 5) is 10.4. The van der Waals surface area contributed by atoms with E-state index in [0.717, 1.165) is 33.2 Å². The van der Waals surface area contributed by atoms with Crippen LogP contribution in [0.1, 0.15) is 0 Å². The average Bonchev–Trinajstić information content (AvgIpc) is 3.53. The molecule has 0 aliphatic carbocycles. The molecule has 0 saturated carbocycles. The van der Waals surface area contributed by atoms with Crippen molar-refractivity contribution in [3.05, 3.63) is 176 Å². The van der Waals surface area contributed by atoms with Crippen molar-refractivity contribution < 1.29 is 0 Å². The average molecular weight is 624 g/mol. The summed E-state index contributed by atoms with van der Waals surface area (Å²) in [5, 5.41) is 5.97. The van der Waals surface area contributed by atoms with Crippen LogP contribution in [0.15, 0.2) is 176 Å². The normalized spacial score (nSPS) is 11.7. The Labute approximate surface area is 283 Å². The largest absolute Gasteiger partial charge is 0.308 e. The van der Waals surface area contributed by atoms with Crippen LogP contribution in [-0.2, 0) is 0 Å². The lowest BCUT2D eigenvalue weighted by Gasteiger charge is -2.12. The van der Waals surface area contributed by atoms with Gasteiger partial charge in [0.2, 0.25) is 0 Å². The molecule has 0 bridgehead atoms. The van der Waals surface area contributed by atoms with Crippen molar-refractivity contribution in [2.45, 2.75) is 0 Å². The van der Waals surface area contributed by atoms with E-state index in [0.29, 0.717) is 5.82 Å². The first-order valence-corrected chi connectivity index (χ1v) is 16.7. The molecule has 0 amide bonds. The van der Waals surface area contributed by atoms with Gasteiger partial charge in [-0.2, -0.15) is 0 Å². The van der Waals surface area contributed by atoms with E-state index in [4.69, 9.17) is 9.97 Å². The van der Waals surface area contributed by atoms with Gasteiger partial charge >= 0.3 is 0 Å². The molecule has 3 heteroatoms. The minimum atomic E-state index is 0.712. The highest BCUT2D eigenvalue weighted by Gasteiger charge is 2.20. The van der Waals surface area contributed by atoms with Gasteiger partial charge in [-0.1, -0.05) is 158 Å². The Kier molecular flexibility index (Phi) is 6.18. The smallest absolute Gasteiger partial charge is 0.160 e. The predicted octanol–water partition coefficient (Wildman–Crippen LogP) is 12.0. The van der Waals surface area contributed by atoms with E-state index in [2.05, 4.69) is 174 Å². The first-order valence-electron chi connectivity index (χ1n) is 16.7. The maximum absolute atomic E-state index is 5.29. The molecule has 0 fully saturated rings. The van der Waals surface area contributed by atoms with Gasteiger partial charge in [0.15, 0.2) is 5.82 Å². The first-order chi connectivity index (χ1) is 24.3. The Morgan fingerprint density at radius 1 is 0.347 bits per heavy atom. The van der Waals surface area contributed by atoms with Gasteiger partial charge in [-0.05, 0) is 40.3 Å². The number of hydrogen-bond donors (Lipinski definition) is 0. The summed E-state index contributed by atoms with van der Waals surface area (Å²) >= 11 is 0. The van der Waals surface area contributed by atoms with Crippen LogP contribution in [0.2, 0.25) is 0 Å². The lowest BCUT2D eigenvalue weighted by Crippen LogP contribution is -1.96. The van der Waals surface area contributed by atoms with E-state index in [1.807, 2.05) is 6.07 Å². The van der Waals surface area contributed by atoms with Crippen molar-refractivity contribution in [2.75, 3.05) is 0 Å². The Balaban J connectivity index is 1.24. The molecule has 0 saturated heterocycles. The van der Waals surface area contributed by atoms with Crippen molar-refractivity contribution in [3.63, 3.8) is 0 Å². The quantitative estimate of drug-likeness (QED) is 0.183. The molecule has 228 valence electrons. The molecular weight excluding hydrogens is 595 g/mol. The molecule has 0 radical (unpaired) electrons. The van der Waals surface area contributed by atoms with Crippen molar-refractivity contribution >= 4 is 49.0 Å². The van der Waals surface area contributed by atoms with E-state index in [1.54, 1.807) is 0 Å². The van der Waals surface area contributed by atoms with Gasteiger partial charge in [0.1, 0.15) is 0 Å². The molecule has 10 aromatic rings. The first kappa shape index (κ1) is 27.5. The topological polar surface area (TPSA) is 30.2 Å². The summed E-state index contributed by atoms with van der Waals surface area (Å²) < 4.78 is 2.45. The van der Waals surface area contributed by atoms with E-state index >= 15 is 0 Å². The predicted molar refractivity (Wildman–Crippen MR) is 205 cm³/mol. The highest BCUT2D eigenvalue weighted by molar-refractivity contribution is 6.22. The summed E-state index contributed by atoms with van der Waals surface area (Å²) in [6.07, 6.45) is 0. The summed E-state index contributed by atoms with van der Waals surface area (Å²) in [7, 11) is 0. The number of nitrogens with zero attached hydrogens (tertiary/aromatic N) is 3. The van der Waals surface area contributed by atoms with Crippen molar-refractivity contribution in [2.24, 2.45) is 0 Å². The van der Waals surface area contributed by atoms with Gasteiger partial charge in [0.05, 0.1) is 27.8 Å². The van der Waals surface area contributed by atoms with Crippen molar-refractivity contribution in [1.82, 2.24) is 14.4 Å². The van der Waals surface area contributed by atoms with Gasteiger partial charge in [-0.25, -0.2) is 9.97 Å². The molecule has 3 aromatic heterocycles. The fourth-order valence-electron chi connectivity index (χ4n) is 7.53. The van der Waals surface area contributed by atoms with E-state index in [-0.39, 0.29) is 0 Å². The maximum Gasteiger partial charge on any atom is 0.160 e. The SMILES string of the molecule is c1ccc(-c2ccc(-c3nc(-c4ccc5c(-c6ccccc6)c6c7ccccc7c7ccccc7n6c5c4)nc4ccccc34)cc2)cc1. The molecule has 0 unspecified atom stereocenters. The molecule has 0 aliphatic heterocycles. The number of rotatable bonds is 4. The van der Waals surface area contributed by atoms with E-state index in [1.165, 1.54) is 54.8 Å². The van der Waals surface area contributed by atoms with E-state index in [9.17, 15) is 0 Å². The standard InChI is InChI=1S/C46H29N3/c1-3-13-30(14-4-1)31-23-25-33(26-24-31)44-38-20-9-11-21-40(38)47-46(48-44)34-27-28-39-42(29-34)49-41-22-12-10-18-36(41)35-17-7-8-19-37(35)45(49)43(39)32-15-5-2-6-16-32/h1-29H. The van der Waals surface area contributed by atoms with Crippen LogP contribution in [0, 0.1) is 0 Å². The monoisotopic (exact) mass is 623 g/mol. The van der Waals surface area contributed by atoms with Crippen LogP contribution < -0.4 is 0 Å². The van der Waals surface area contributed by atoms with Crippen LogP contribution >= 0.6 is 0 Å². The van der Waals surface area contributed by atoms with Crippen LogP contribution in [0.25, 0.3) is 93.9 Å². The third-order valence-electron chi connectivity index (χ3n) is 9.78. The molecule has 0 aliphatic rings. The molecule has 0 atom stereocenters. The fourth-order valence-corrected chi connectivity index (χ4v) is 7.53. The lowest BCUT2D eigenvalue weighted by atomic mass is 9.98. The van der Waals surface area contributed by atoms with Gasteiger partial charge in [0.25, 0.3) is 0 Å². The zero-order valence-corrected chi connectivity index (χ0v) is 26.6. The number of para-hydroxylation sites is 2. The molecule has 7 aromatic carbocycles. The zero-order valence-electron chi connectivity index (χ0n) is 26.6. The van der Waals surface area contributed by atoms with Crippen molar-refractivity contribution in [1.29, 1.82) is 0 Å². The summed E-state index contributed by atoms with van der Waals surface area (Å²) in [6, 6.07) is 62.5. The highest BCUT2D eigenvalue weighted by atomic mass is 14.9. The van der Waals surface area contributed by atoms with Crippen molar-refractivity contribution in [3.8, 4) is 44.9 Å². The third kappa shape index (κ3) is 4.37. The minimum Gasteiger partial charge on any atom is -0.308 e. The van der Waals surface area contributed by atoms with Crippen LogP contribution in [0.3, 0.4) is 0 Å². The Morgan fingerprint density at radius 2 is 0.918 bits per heavy atom. The van der Waals surface area contributed by atoms with Crippen LogP contribution in [0.4, 0.5) is 0 Å². The maximum atomic E-state index is 5.29. The second-order valence-corrected chi connectivity index (χ2v) is 12.6. The Hall–Kier alpha value is -6.58. The molecule has 49 heavy (non-hydrogen) atoms. The van der Waals surface area contributed by atoms with Crippen LogP contribution in [-0.4, -0.2) is 14.4 Å². The van der Waals surface area contributed by atoms with Gasteiger partial charge in [-0.3, -0.25) is 0 Å². The number of benzene rings is 7. The molecule has 0 spiro atoms. The molecular formula is C46H29N3. The number of hydrogen-bond acceptors (Lipinski definition) is 2. The zero-order chi connectivity index (χ0) is 32.3. The Bertz CT molecular complexity index is 2850. The highest BCUT2D eigenvalue weighted by Crippen LogP contribution is 2.43. The van der Waals surface area contributed by atoms with Crippen LogP contribution in [0.5, 0.6) is 0 Å². The third-order valence-corrected chi connectivity index (χ3v) is 9.78. The molecule has 3 heterocycles. The second kappa shape index (κ2) is 11.0. The molecule has 3 nitrogen and oxygen atoms in total. The van der Waals surface area contributed by atoms with Gasteiger partial charge in [-0.15, -0.1) is 0 Å². The molecule has 10 rings (SSSR count). The lowest BCUT2D eigenvalue weighted by molar-refractivity contribution is 1.23. The molecule has 0 N–H and O–H groups in total. The van der Waals surface area contributed by atoms with E-state index < -0.39 is 0 Å². The fraction of sp³-hybridized carbons (Fsp3) is 0.